The molecule has 0 fully saturated rings. The number of aliphatic carboxylic acids is 1. The Morgan fingerprint density at radius 3 is 2.51 bits per heavy atom. The van der Waals surface area contributed by atoms with Crippen LogP contribution >= 0.6 is 39.1 Å². The Kier molecular flexibility index (Phi) is 9.93. The van der Waals surface area contributed by atoms with Crippen molar-refractivity contribution in [3.63, 3.8) is 0 Å². The first-order chi connectivity index (χ1) is 16.3. The number of nitrogens with one attached hydrogen (secondary N) is 1. The molecule has 1 aliphatic rings. The SMILES string of the molecule is O=C(NCCc1ccc(Br)cc1Cl)c1ccc(Oc2cc3c(cc2Cl)C(C(=O)[O-])CCO3)cc1.[Na+]. The first kappa shape index (κ1) is 27.8. The molecule has 1 N–H and O–H groups in total. The third kappa shape index (κ3) is 6.94. The Morgan fingerprint density at radius 1 is 1.09 bits per heavy atom. The number of carbonyl (C=O) groups excluding carboxylic acids is 2. The molecule has 0 saturated carbocycles. The minimum atomic E-state index is -1.16. The smallest absolute Gasteiger partial charge is 0.549 e. The maximum atomic E-state index is 12.5. The van der Waals surface area contributed by atoms with E-state index in [1.165, 1.54) is 6.07 Å². The Labute approximate surface area is 243 Å². The van der Waals surface area contributed by atoms with Gasteiger partial charge in [0.15, 0.2) is 0 Å². The number of hydrogen-bond donors (Lipinski definition) is 1. The van der Waals surface area contributed by atoms with Gasteiger partial charge in [-0.2, -0.15) is 0 Å². The fourth-order valence-electron chi connectivity index (χ4n) is 3.65. The van der Waals surface area contributed by atoms with Crippen LogP contribution in [0.1, 0.15) is 33.8 Å². The van der Waals surface area contributed by atoms with E-state index in [4.69, 9.17) is 32.7 Å². The summed E-state index contributed by atoms with van der Waals surface area (Å²) in [5.74, 6) is -0.957. The molecule has 1 unspecified atom stereocenters. The van der Waals surface area contributed by atoms with Crippen LogP contribution in [-0.4, -0.2) is 25.0 Å². The number of halogens is 3. The number of hydrogen-bond acceptors (Lipinski definition) is 5. The average molecular weight is 587 g/mol. The van der Waals surface area contributed by atoms with Crippen molar-refractivity contribution in [3.8, 4) is 17.2 Å². The van der Waals surface area contributed by atoms with Crippen molar-refractivity contribution in [2.45, 2.75) is 18.8 Å². The zero-order chi connectivity index (χ0) is 24.2. The van der Waals surface area contributed by atoms with Gasteiger partial charge in [0.05, 0.1) is 11.6 Å². The molecule has 1 amide bonds. The van der Waals surface area contributed by atoms with Crippen molar-refractivity contribution >= 4 is 51.0 Å². The number of rotatable bonds is 7. The van der Waals surface area contributed by atoms with Crippen LogP contribution in [0.5, 0.6) is 17.2 Å². The first-order valence-electron chi connectivity index (χ1n) is 10.5. The molecule has 0 spiro atoms. The molecular weight excluding hydrogens is 568 g/mol. The van der Waals surface area contributed by atoms with Gasteiger partial charge in [0, 0.05) is 45.1 Å². The van der Waals surface area contributed by atoms with Crippen LogP contribution in [-0.2, 0) is 11.2 Å². The number of ether oxygens (including phenoxy) is 2. The molecule has 0 radical (unpaired) electrons. The molecular formula is C25H19BrCl2NNaO5. The van der Waals surface area contributed by atoms with Crippen molar-refractivity contribution in [1.82, 2.24) is 5.32 Å². The van der Waals surface area contributed by atoms with Crippen LogP contribution in [0.15, 0.2) is 59.1 Å². The minimum Gasteiger partial charge on any atom is -0.549 e. The van der Waals surface area contributed by atoms with Crippen molar-refractivity contribution in [1.29, 1.82) is 0 Å². The summed E-state index contributed by atoms with van der Waals surface area (Å²) in [6, 6.07) is 15.3. The third-order valence-electron chi connectivity index (χ3n) is 5.43. The van der Waals surface area contributed by atoms with Gasteiger partial charge in [-0.15, -0.1) is 0 Å². The maximum absolute atomic E-state index is 12.5. The number of carboxylic acids is 1. The van der Waals surface area contributed by atoms with E-state index in [2.05, 4.69) is 21.2 Å². The van der Waals surface area contributed by atoms with Gasteiger partial charge < -0.3 is 24.7 Å². The standard InChI is InChI=1S/C25H20BrCl2NO5.Na/c26-16-4-1-14(20(27)11-16)7-9-29-24(30)15-2-5-17(6-3-15)34-23-13-22-19(12-21(23)28)18(25(31)32)8-10-33-22;/h1-6,11-13,18H,7-10H2,(H,29,30)(H,31,32);/q;+1/p-1. The molecule has 0 bridgehead atoms. The fourth-order valence-corrected chi connectivity index (χ4v) is 4.63. The summed E-state index contributed by atoms with van der Waals surface area (Å²) in [5, 5.41) is 15.1. The summed E-state index contributed by atoms with van der Waals surface area (Å²) in [7, 11) is 0. The first-order valence-corrected chi connectivity index (χ1v) is 12.0. The van der Waals surface area contributed by atoms with E-state index in [1.54, 1.807) is 30.3 Å². The normalized spacial score (nSPS) is 14.2. The Balaban J connectivity index is 0.00000342. The van der Waals surface area contributed by atoms with Crippen molar-refractivity contribution in [2.75, 3.05) is 13.2 Å². The molecule has 6 nitrogen and oxygen atoms in total. The molecule has 0 aromatic heterocycles. The predicted molar refractivity (Wildman–Crippen MR) is 131 cm³/mol. The molecule has 0 aliphatic carbocycles. The van der Waals surface area contributed by atoms with E-state index in [0.29, 0.717) is 52.8 Å². The van der Waals surface area contributed by atoms with Gasteiger partial charge in [0.25, 0.3) is 5.91 Å². The van der Waals surface area contributed by atoms with Gasteiger partial charge >= 0.3 is 29.6 Å². The quantitative estimate of drug-likeness (QED) is 0.429. The molecule has 1 heterocycles. The van der Waals surface area contributed by atoms with Crippen molar-refractivity contribution in [3.05, 3.63) is 85.8 Å². The molecule has 176 valence electrons. The van der Waals surface area contributed by atoms with Gasteiger partial charge in [0.1, 0.15) is 17.2 Å². The van der Waals surface area contributed by atoms with E-state index >= 15 is 0 Å². The fraction of sp³-hybridized carbons (Fsp3) is 0.200. The van der Waals surface area contributed by atoms with Crippen LogP contribution in [0.3, 0.4) is 0 Å². The van der Waals surface area contributed by atoms with E-state index < -0.39 is 11.9 Å². The second-order valence-corrected chi connectivity index (χ2v) is 9.43. The van der Waals surface area contributed by atoms with Gasteiger partial charge in [-0.05, 0) is 60.9 Å². The van der Waals surface area contributed by atoms with Crippen LogP contribution in [0.25, 0.3) is 0 Å². The van der Waals surface area contributed by atoms with Gasteiger partial charge in [-0.1, -0.05) is 45.2 Å². The summed E-state index contributed by atoms with van der Waals surface area (Å²) < 4.78 is 12.3. The number of carboxylic acid groups (broad SMARTS) is 1. The molecule has 4 rings (SSSR count). The Hall–Kier alpha value is -1.74. The van der Waals surface area contributed by atoms with Gasteiger partial charge in [0.2, 0.25) is 0 Å². The van der Waals surface area contributed by atoms with Crippen LogP contribution in [0, 0.1) is 0 Å². The van der Waals surface area contributed by atoms with Crippen molar-refractivity contribution in [2.24, 2.45) is 0 Å². The maximum Gasteiger partial charge on any atom is 1.00 e. The second kappa shape index (κ2) is 12.5. The molecule has 3 aromatic carbocycles. The van der Waals surface area contributed by atoms with Gasteiger partial charge in [-0.25, -0.2) is 0 Å². The van der Waals surface area contributed by atoms with E-state index in [9.17, 15) is 14.7 Å². The van der Waals surface area contributed by atoms with E-state index in [1.807, 2.05) is 18.2 Å². The average Bonchev–Trinajstić information content (AvgIpc) is 2.81. The summed E-state index contributed by atoms with van der Waals surface area (Å²) >= 11 is 15.9. The van der Waals surface area contributed by atoms with Crippen LogP contribution in [0.4, 0.5) is 0 Å². The van der Waals surface area contributed by atoms with Gasteiger partial charge in [-0.3, -0.25) is 4.79 Å². The van der Waals surface area contributed by atoms with Crippen LogP contribution < -0.4 is 49.5 Å². The molecule has 1 atom stereocenters. The van der Waals surface area contributed by atoms with Crippen LogP contribution in [0.2, 0.25) is 10.0 Å². The zero-order valence-electron chi connectivity index (χ0n) is 18.8. The monoisotopic (exact) mass is 585 g/mol. The zero-order valence-corrected chi connectivity index (χ0v) is 23.9. The predicted octanol–water partition coefficient (Wildman–Crippen LogP) is 2.14. The third-order valence-corrected chi connectivity index (χ3v) is 6.57. The Bertz CT molecular complexity index is 1240. The van der Waals surface area contributed by atoms with E-state index in [0.717, 1.165) is 10.0 Å². The van der Waals surface area contributed by atoms with Crippen molar-refractivity contribution < 1.29 is 53.7 Å². The summed E-state index contributed by atoms with van der Waals surface area (Å²) in [5.41, 5.74) is 1.90. The largest absolute Gasteiger partial charge is 1.00 e. The number of benzene rings is 3. The Morgan fingerprint density at radius 2 is 1.83 bits per heavy atom. The summed E-state index contributed by atoms with van der Waals surface area (Å²) in [6.45, 7) is 0.709. The molecule has 10 heteroatoms. The molecule has 1 aliphatic heterocycles. The topological polar surface area (TPSA) is 87.7 Å². The number of amides is 1. The molecule has 35 heavy (non-hydrogen) atoms. The summed E-state index contributed by atoms with van der Waals surface area (Å²) in [6.07, 6.45) is 0.933. The molecule has 0 saturated heterocycles. The number of carbonyl (C=O) groups is 2. The second-order valence-electron chi connectivity index (χ2n) is 7.70. The molecule has 3 aromatic rings. The number of fused-ring (bicyclic) bond motifs is 1. The minimum absolute atomic E-state index is 0. The summed E-state index contributed by atoms with van der Waals surface area (Å²) in [4.78, 5) is 23.8. The van der Waals surface area contributed by atoms with E-state index in [-0.39, 0.29) is 47.1 Å².